The van der Waals surface area contributed by atoms with Crippen LogP contribution in [0.25, 0.3) is 0 Å². The van der Waals surface area contributed by atoms with Gasteiger partial charge >= 0.3 is 0 Å². The van der Waals surface area contributed by atoms with Crippen LogP contribution in [0.5, 0.6) is 5.75 Å². The van der Waals surface area contributed by atoms with Crippen molar-refractivity contribution in [3.8, 4) is 5.75 Å². The third-order valence-electron chi connectivity index (χ3n) is 3.48. The molecule has 0 atom stereocenters. The number of H-pyrrole nitrogens is 1. The molecular weight excluding hydrogens is 320 g/mol. The predicted octanol–water partition coefficient (Wildman–Crippen LogP) is 2.92. The Morgan fingerprint density at radius 3 is 2.52 bits per heavy atom. The monoisotopic (exact) mass is 336 g/mol. The van der Waals surface area contributed by atoms with Crippen LogP contribution >= 0.6 is 0 Å². The molecule has 3 N–H and O–H groups in total. The second-order valence-electron chi connectivity index (χ2n) is 5.15. The van der Waals surface area contributed by atoms with E-state index in [-0.39, 0.29) is 11.8 Å². The van der Waals surface area contributed by atoms with Gasteiger partial charge in [-0.05, 0) is 30.3 Å². The van der Waals surface area contributed by atoms with Crippen LogP contribution in [0.1, 0.15) is 20.8 Å². The second-order valence-corrected chi connectivity index (χ2v) is 5.15. The molecule has 0 saturated carbocycles. The molecule has 2 amide bonds. The number of methoxy groups -OCH3 is 1. The number of carbonyl (C=O) groups is 2. The Morgan fingerprint density at radius 2 is 1.84 bits per heavy atom. The normalized spacial score (nSPS) is 10.1. The maximum Gasteiger partial charge on any atom is 0.273 e. The molecule has 2 aromatic carbocycles. The molecule has 0 bridgehead atoms. The lowest BCUT2D eigenvalue weighted by molar-refractivity contribution is 0.101. The summed E-state index contributed by atoms with van der Waals surface area (Å²) >= 11 is 0. The minimum absolute atomic E-state index is 0.268. The maximum atomic E-state index is 12.3. The molecule has 0 aliphatic rings. The van der Waals surface area contributed by atoms with Gasteiger partial charge < -0.3 is 20.4 Å². The highest BCUT2D eigenvalue weighted by molar-refractivity contribution is 6.06. The number of benzene rings is 2. The molecular formula is C18H16N4O3. The number of nitrogens with zero attached hydrogens (tertiary/aromatic N) is 1. The van der Waals surface area contributed by atoms with E-state index in [9.17, 15) is 9.59 Å². The van der Waals surface area contributed by atoms with Crippen molar-refractivity contribution in [2.45, 2.75) is 0 Å². The zero-order valence-corrected chi connectivity index (χ0v) is 13.4. The molecule has 0 aliphatic carbocycles. The standard InChI is InChI=1S/C18H16N4O3/c1-25-16-8-7-13(21-18(24)15-10-19-11-20-15)9-14(16)22-17(23)12-5-3-2-4-6-12/h2-11H,1H3,(H,19,20)(H,21,24)(H,22,23). The number of hydrogen-bond acceptors (Lipinski definition) is 4. The molecule has 0 spiro atoms. The third kappa shape index (κ3) is 3.84. The molecule has 3 aromatic rings. The van der Waals surface area contributed by atoms with Gasteiger partial charge in [0.1, 0.15) is 11.4 Å². The molecule has 0 fully saturated rings. The number of aromatic amines is 1. The van der Waals surface area contributed by atoms with Crippen LogP contribution in [0.15, 0.2) is 61.1 Å². The van der Waals surface area contributed by atoms with Gasteiger partial charge in [-0.3, -0.25) is 9.59 Å². The molecule has 1 aromatic heterocycles. The summed E-state index contributed by atoms with van der Waals surface area (Å²) in [5, 5.41) is 5.52. The number of amides is 2. The van der Waals surface area contributed by atoms with E-state index in [0.717, 1.165) is 0 Å². The van der Waals surface area contributed by atoms with Crippen molar-refractivity contribution in [1.82, 2.24) is 9.97 Å². The van der Waals surface area contributed by atoms with E-state index in [1.807, 2.05) is 6.07 Å². The van der Waals surface area contributed by atoms with Crippen LogP contribution in [0.4, 0.5) is 11.4 Å². The lowest BCUT2D eigenvalue weighted by Crippen LogP contribution is -2.14. The summed E-state index contributed by atoms with van der Waals surface area (Å²) in [6, 6.07) is 13.8. The first-order valence-electron chi connectivity index (χ1n) is 7.51. The van der Waals surface area contributed by atoms with Gasteiger partial charge in [0.05, 0.1) is 25.3 Å². The largest absolute Gasteiger partial charge is 0.495 e. The lowest BCUT2D eigenvalue weighted by atomic mass is 10.2. The van der Waals surface area contributed by atoms with Crippen molar-refractivity contribution >= 4 is 23.2 Å². The number of hydrogen-bond donors (Lipinski definition) is 3. The summed E-state index contributed by atoms with van der Waals surface area (Å²) in [6.45, 7) is 0. The van der Waals surface area contributed by atoms with Crippen LogP contribution in [0.3, 0.4) is 0 Å². The average Bonchev–Trinajstić information content (AvgIpc) is 3.17. The van der Waals surface area contributed by atoms with E-state index >= 15 is 0 Å². The number of aromatic nitrogens is 2. The summed E-state index contributed by atoms with van der Waals surface area (Å²) in [7, 11) is 1.51. The Balaban J connectivity index is 1.80. The minimum Gasteiger partial charge on any atom is -0.495 e. The summed E-state index contributed by atoms with van der Waals surface area (Å²) in [6.07, 6.45) is 2.85. The molecule has 3 rings (SSSR count). The summed E-state index contributed by atoms with van der Waals surface area (Å²) < 4.78 is 5.27. The molecule has 7 nitrogen and oxygen atoms in total. The zero-order valence-electron chi connectivity index (χ0n) is 13.4. The van der Waals surface area contributed by atoms with Crippen molar-refractivity contribution in [1.29, 1.82) is 0 Å². The van der Waals surface area contributed by atoms with E-state index in [1.54, 1.807) is 42.5 Å². The molecule has 0 radical (unpaired) electrons. The first kappa shape index (κ1) is 16.3. The van der Waals surface area contributed by atoms with Crippen molar-refractivity contribution in [2.24, 2.45) is 0 Å². The first-order chi connectivity index (χ1) is 12.2. The molecule has 0 unspecified atom stereocenters. The molecule has 1 heterocycles. The van der Waals surface area contributed by atoms with E-state index in [0.29, 0.717) is 28.4 Å². The average molecular weight is 336 g/mol. The lowest BCUT2D eigenvalue weighted by Gasteiger charge is -2.12. The number of ether oxygens (including phenoxy) is 1. The van der Waals surface area contributed by atoms with E-state index in [4.69, 9.17) is 4.74 Å². The van der Waals surface area contributed by atoms with Crippen LogP contribution in [0, 0.1) is 0 Å². The van der Waals surface area contributed by atoms with Gasteiger partial charge in [-0.1, -0.05) is 18.2 Å². The van der Waals surface area contributed by atoms with Crippen LogP contribution in [-0.2, 0) is 0 Å². The number of anilines is 2. The van der Waals surface area contributed by atoms with Crippen molar-refractivity contribution in [2.75, 3.05) is 17.7 Å². The molecule has 126 valence electrons. The minimum atomic E-state index is -0.331. The maximum absolute atomic E-state index is 12.3. The van der Waals surface area contributed by atoms with Gasteiger partial charge in [-0.2, -0.15) is 0 Å². The van der Waals surface area contributed by atoms with Gasteiger partial charge in [0.25, 0.3) is 11.8 Å². The molecule has 7 heteroatoms. The van der Waals surface area contributed by atoms with Gasteiger partial charge in [-0.15, -0.1) is 0 Å². The highest BCUT2D eigenvalue weighted by Gasteiger charge is 2.12. The van der Waals surface area contributed by atoms with Crippen molar-refractivity contribution in [3.05, 3.63) is 72.3 Å². The second kappa shape index (κ2) is 7.31. The van der Waals surface area contributed by atoms with Gasteiger partial charge in [-0.25, -0.2) is 4.98 Å². The van der Waals surface area contributed by atoms with Crippen LogP contribution in [-0.4, -0.2) is 28.9 Å². The molecule has 0 saturated heterocycles. The number of carbonyl (C=O) groups excluding carboxylic acids is 2. The Morgan fingerprint density at radius 1 is 1.04 bits per heavy atom. The Kier molecular flexibility index (Phi) is 4.75. The highest BCUT2D eigenvalue weighted by atomic mass is 16.5. The molecule has 25 heavy (non-hydrogen) atoms. The number of nitrogens with one attached hydrogen (secondary N) is 3. The van der Waals surface area contributed by atoms with Gasteiger partial charge in [0.2, 0.25) is 0 Å². The van der Waals surface area contributed by atoms with Crippen molar-refractivity contribution < 1.29 is 14.3 Å². The fraction of sp³-hybridized carbons (Fsp3) is 0.0556. The fourth-order valence-corrected chi connectivity index (χ4v) is 2.25. The third-order valence-corrected chi connectivity index (χ3v) is 3.48. The van der Waals surface area contributed by atoms with Crippen LogP contribution < -0.4 is 15.4 Å². The Hall–Kier alpha value is -3.61. The van der Waals surface area contributed by atoms with Crippen LogP contribution in [0.2, 0.25) is 0 Å². The summed E-state index contributed by atoms with van der Waals surface area (Å²) in [5.41, 5.74) is 1.84. The SMILES string of the molecule is COc1ccc(NC(=O)c2cnc[nH]2)cc1NC(=O)c1ccccc1. The van der Waals surface area contributed by atoms with E-state index in [1.165, 1.54) is 19.6 Å². The number of rotatable bonds is 5. The van der Waals surface area contributed by atoms with Gasteiger partial charge in [0.15, 0.2) is 0 Å². The summed E-state index contributed by atoms with van der Waals surface area (Å²) in [5.74, 6) is -0.109. The Labute approximate surface area is 144 Å². The van der Waals surface area contributed by atoms with E-state index in [2.05, 4.69) is 20.6 Å². The topological polar surface area (TPSA) is 96.1 Å². The summed E-state index contributed by atoms with van der Waals surface area (Å²) in [4.78, 5) is 31.0. The quantitative estimate of drug-likeness (QED) is 0.667. The predicted molar refractivity (Wildman–Crippen MR) is 93.9 cm³/mol. The highest BCUT2D eigenvalue weighted by Crippen LogP contribution is 2.28. The first-order valence-corrected chi connectivity index (χ1v) is 7.51. The molecule has 0 aliphatic heterocycles. The van der Waals surface area contributed by atoms with Gasteiger partial charge in [0, 0.05) is 11.3 Å². The smallest absolute Gasteiger partial charge is 0.273 e. The Bertz CT molecular complexity index is 877. The van der Waals surface area contributed by atoms with Crippen molar-refractivity contribution in [3.63, 3.8) is 0 Å². The number of imidazole rings is 1. The fourth-order valence-electron chi connectivity index (χ4n) is 2.25. The zero-order chi connectivity index (χ0) is 17.6. The van der Waals surface area contributed by atoms with E-state index < -0.39 is 0 Å².